The van der Waals surface area contributed by atoms with Gasteiger partial charge < -0.3 is 29.2 Å². The molecule has 1 N–H and O–H groups in total. The van der Waals surface area contributed by atoms with Crippen molar-refractivity contribution in [2.75, 3.05) is 57.7 Å². The van der Waals surface area contributed by atoms with Crippen LogP contribution >= 0.6 is 0 Å². The third kappa shape index (κ3) is 5.26. The van der Waals surface area contributed by atoms with E-state index in [9.17, 15) is 4.39 Å². The lowest BCUT2D eigenvalue weighted by Crippen LogP contribution is -2.44. The predicted molar refractivity (Wildman–Crippen MR) is 160 cm³/mol. The molecule has 41 heavy (non-hydrogen) atoms. The first kappa shape index (κ1) is 26.5. The molecule has 1 aliphatic heterocycles. The molecule has 0 spiro atoms. The number of anilines is 3. The molecule has 3 aromatic heterocycles. The second-order valence-electron chi connectivity index (χ2n) is 10.2. The Balaban J connectivity index is 1.40. The van der Waals surface area contributed by atoms with Gasteiger partial charge in [-0.15, -0.1) is 0 Å². The number of nitrogens with one attached hydrogen (secondary N) is 1. The lowest BCUT2D eigenvalue weighted by Gasteiger charge is -2.34. The van der Waals surface area contributed by atoms with Crippen LogP contribution in [0.5, 0.6) is 11.5 Å². The highest BCUT2D eigenvalue weighted by atomic mass is 19.1. The van der Waals surface area contributed by atoms with E-state index in [4.69, 9.17) is 14.5 Å². The summed E-state index contributed by atoms with van der Waals surface area (Å²) >= 11 is 0. The third-order valence-electron chi connectivity index (χ3n) is 7.56. The van der Waals surface area contributed by atoms with E-state index in [0.717, 1.165) is 76.6 Å². The number of hydrogen-bond donors (Lipinski definition) is 1. The van der Waals surface area contributed by atoms with Crippen LogP contribution in [0.2, 0.25) is 0 Å². The van der Waals surface area contributed by atoms with Crippen LogP contribution in [0.4, 0.5) is 21.7 Å². The normalized spacial score (nSPS) is 13.9. The minimum absolute atomic E-state index is 0.429. The van der Waals surface area contributed by atoms with E-state index in [0.29, 0.717) is 11.6 Å². The molecule has 2 aromatic carbocycles. The molecule has 0 radical (unpaired) electrons. The van der Waals surface area contributed by atoms with Crippen molar-refractivity contribution in [2.45, 2.75) is 0 Å². The molecule has 0 bridgehead atoms. The van der Waals surface area contributed by atoms with Crippen molar-refractivity contribution in [1.82, 2.24) is 24.4 Å². The van der Waals surface area contributed by atoms with Gasteiger partial charge in [-0.3, -0.25) is 0 Å². The molecule has 1 fully saturated rings. The van der Waals surface area contributed by atoms with Crippen LogP contribution in [0.25, 0.3) is 33.3 Å². The summed E-state index contributed by atoms with van der Waals surface area (Å²) in [7, 11) is 7.47. The second-order valence-corrected chi connectivity index (χ2v) is 10.2. The van der Waals surface area contributed by atoms with Crippen LogP contribution in [0.3, 0.4) is 0 Å². The van der Waals surface area contributed by atoms with Gasteiger partial charge in [0.2, 0.25) is 11.9 Å². The number of piperazine rings is 1. The Kier molecular flexibility index (Phi) is 7.15. The predicted octanol–water partition coefficient (Wildman–Crippen LogP) is 5.35. The zero-order valence-corrected chi connectivity index (χ0v) is 23.6. The Labute approximate surface area is 238 Å². The van der Waals surface area contributed by atoms with Gasteiger partial charge in [-0.1, -0.05) is 0 Å². The molecular weight excluding hydrogens is 521 g/mol. The van der Waals surface area contributed by atoms with Gasteiger partial charge in [0.15, 0.2) is 0 Å². The molecule has 4 heterocycles. The molecule has 5 aromatic rings. The second kappa shape index (κ2) is 11.1. The SMILES string of the molecule is COc1ccc2c(-c3nc(Nc4ccc(N5CCN(C)CC5)c(OC)c4)ncc3-c3ccc(F)nc3)cn(C)c2c1. The van der Waals surface area contributed by atoms with Crippen LogP contribution in [0.15, 0.2) is 67.1 Å². The highest BCUT2D eigenvalue weighted by molar-refractivity contribution is 5.99. The minimum atomic E-state index is -0.541. The van der Waals surface area contributed by atoms with Crippen LogP contribution < -0.4 is 19.7 Å². The Morgan fingerprint density at radius 2 is 1.68 bits per heavy atom. The molecule has 0 atom stereocenters. The van der Waals surface area contributed by atoms with E-state index in [-0.39, 0.29) is 0 Å². The van der Waals surface area contributed by atoms with Crippen LogP contribution in [-0.4, -0.2) is 71.9 Å². The number of likely N-dealkylation sites (N-methyl/N-ethyl adjacent to an activating group) is 1. The molecule has 0 amide bonds. The molecule has 210 valence electrons. The van der Waals surface area contributed by atoms with E-state index in [1.165, 1.54) is 12.3 Å². The van der Waals surface area contributed by atoms with Crippen molar-refractivity contribution in [3.8, 4) is 33.9 Å². The lowest BCUT2D eigenvalue weighted by molar-refractivity contribution is 0.311. The zero-order valence-electron chi connectivity index (χ0n) is 23.6. The average molecular weight is 554 g/mol. The third-order valence-corrected chi connectivity index (χ3v) is 7.56. The number of halogens is 1. The monoisotopic (exact) mass is 553 g/mol. The van der Waals surface area contributed by atoms with E-state index in [2.05, 4.69) is 38.2 Å². The Morgan fingerprint density at radius 3 is 2.41 bits per heavy atom. The van der Waals surface area contributed by atoms with Crippen molar-refractivity contribution in [3.63, 3.8) is 0 Å². The first-order valence-corrected chi connectivity index (χ1v) is 13.4. The van der Waals surface area contributed by atoms with Gasteiger partial charge in [0.1, 0.15) is 11.5 Å². The van der Waals surface area contributed by atoms with Crippen molar-refractivity contribution in [2.24, 2.45) is 7.05 Å². The van der Waals surface area contributed by atoms with Gasteiger partial charge in [0, 0.05) is 91.7 Å². The molecule has 1 aliphatic rings. The smallest absolute Gasteiger partial charge is 0.227 e. The summed E-state index contributed by atoms with van der Waals surface area (Å²) in [5.74, 6) is 1.45. The summed E-state index contributed by atoms with van der Waals surface area (Å²) in [4.78, 5) is 18.1. The number of aromatic nitrogens is 4. The number of methoxy groups -OCH3 is 2. The van der Waals surface area contributed by atoms with Gasteiger partial charge in [-0.05, 0) is 43.4 Å². The van der Waals surface area contributed by atoms with Crippen LogP contribution in [-0.2, 0) is 7.05 Å². The highest BCUT2D eigenvalue weighted by Crippen LogP contribution is 2.38. The minimum Gasteiger partial charge on any atom is -0.497 e. The quantitative estimate of drug-likeness (QED) is 0.270. The molecule has 0 saturated carbocycles. The van der Waals surface area contributed by atoms with E-state index >= 15 is 0 Å². The van der Waals surface area contributed by atoms with Crippen molar-refractivity contribution < 1.29 is 13.9 Å². The van der Waals surface area contributed by atoms with Gasteiger partial charge in [0.05, 0.1) is 31.1 Å². The maximum Gasteiger partial charge on any atom is 0.227 e. The van der Waals surface area contributed by atoms with Gasteiger partial charge in [-0.25, -0.2) is 15.0 Å². The molecule has 6 rings (SSSR count). The highest BCUT2D eigenvalue weighted by Gasteiger charge is 2.20. The fourth-order valence-electron chi connectivity index (χ4n) is 5.27. The lowest BCUT2D eigenvalue weighted by atomic mass is 10.0. The molecule has 10 heteroatoms. The number of ether oxygens (including phenoxy) is 2. The number of rotatable bonds is 7. The number of hydrogen-bond acceptors (Lipinski definition) is 8. The number of fused-ring (bicyclic) bond motifs is 1. The Bertz CT molecular complexity index is 1700. The molecule has 1 saturated heterocycles. The summed E-state index contributed by atoms with van der Waals surface area (Å²) < 4.78 is 26.9. The maximum absolute atomic E-state index is 13.7. The van der Waals surface area contributed by atoms with Crippen molar-refractivity contribution in [3.05, 3.63) is 73.1 Å². The Morgan fingerprint density at radius 1 is 0.854 bits per heavy atom. The summed E-state index contributed by atoms with van der Waals surface area (Å²) in [6, 6.07) is 15.0. The van der Waals surface area contributed by atoms with Gasteiger partial charge in [0.25, 0.3) is 0 Å². The number of pyridine rings is 1. The van der Waals surface area contributed by atoms with Gasteiger partial charge >= 0.3 is 0 Å². The van der Waals surface area contributed by atoms with Crippen LogP contribution in [0, 0.1) is 5.95 Å². The molecule has 0 unspecified atom stereocenters. The van der Waals surface area contributed by atoms with E-state index in [1.54, 1.807) is 26.5 Å². The van der Waals surface area contributed by atoms with Gasteiger partial charge in [-0.2, -0.15) is 4.39 Å². The molecule has 0 aliphatic carbocycles. The number of benzene rings is 2. The molecular formula is C31H32FN7O2. The topological polar surface area (TPSA) is 80.6 Å². The van der Waals surface area contributed by atoms with Crippen molar-refractivity contribution >= 4 is 28.2 Å². The largest absolute Gasteiger partial charge is 0.497 e. The number of nitrogens with zero attached hydrogens (tertiary/aromatic N) is 6. The summed E-state index contributed by atoms with van der Waals surface area (Å²) in [5.41, 5.74) is 5.96. The fourth-order valence-corrected chi connectivity index (χ4v) is 5.27. The maximum atomic E-state index is 13.7. The van der Waals surface area contributed by atoms with Crippen molar-refractivity contribution in [1.29, 1.82) is 0 Å². The molecule has 9 nitrogen and oxygen atoms in total. The zero-order chi connectivity index (χ0) is 28.5. The van der Waals surface area contributed by atoms with E-state index < -0.39 is 5.95 Å². The summed E-state index contributed by atoms with van der Waals surface area (Å²) in [6.45, 7) is 3.92. The average Bonchev–Trinajstić information content (AvgIpc) is 3.33. The Hall–Kier alpha value is -4.70. The number of aryl methyl sites for hydroxylation is 1. The summed E-state index contributed by atoms with van der Waals surface area (Å²) in [6.07, 6.45) is 5.28. The summed E-state index contributed by atoms with van der Waals surface area (Å²) in [5, 5.41) is 4.36. The van der Waals surface area contributed by atoms with E-state index in [1.807, 2.05) is 48.1 Å². The first-order valence-electron chi connectivity index (χ1n) is 13.4. The standard InChI is InChI=1S/C31H32FN7O2/c1-37-11-13-39(14-12-37)26-9-6-21(15-28(26)41-4)35-31-34-18-24(20-5-10-29(32)33-17-20)30(36-31)25-19-38(2)27-16-22(40-3)7-8-23(25)27/h5-10,15-19H,11-14H2,1-4H3,(H,34,35,36). The fraction of sp³-hybridized carbons (Fsp3) is 0.258. The van der Waals surface area contributed by atoms with Crippen LogP contribution in [0.1, 0.15) is 0 Å². The first-order chi connectivity index (χ1) is 19.9.